The summed E-state index contributed by atoms with van der Waals surface area (Å²) >= 11 is 0.971. The lowest BCUT2D eigenvalue weighted by Crippen LogP contribution is -2.24. The summed E-state index contributed by atoms with van der Waals surface area (Å²) in [6, 6.07) is 8.69. The molecule has 0 aliphatic heterocycles. The van der Waals surface area contributed by atoms with Crippen LogP contribution in [0.3, 0.4) is 0 Å². The van der Waals surface area contributed by atoms with Crippen LogP contribution in [-0.4, -0.2) is 43.4 Å². The van der Waals surface area contributed by atoms with Crippen molar-refractivity contribution in [2.24, 2.45) is 0 Å². The van der Waals surface area contributed by atoms with E-state index in [1.54, 1.807) is 38.1 Å². The number of hydrogen-bond acceptors (Lipinski definition) is 8. The van der Waals surface area contributed by atoms with Crippen molar-refractivity contribution in [3.63, 3.8) is 0 Å². The number of esters is 2. The van der Waals surface area contributed by atoms with Crippen LogP contribution in [0.2, 0.25) is 0 Å². The Bertz CT molecular complexity index is 905. The summed E-state index contributed by atoms with van der Waals surface area (Å²) in [7, 11) is 0. The van der Waals surface area contributed by atoms with E-state index in [4.69, 9.17) is 14.2 Å². The summed E-state index contributed by atoms with van der Waals surface area (Å²) in [5, 5.41) is 2.68. The van der Waals surface area contributed by atoms with Crippen molar-refractivity contribution in [1.29, 1.82) is 0 Å². The van der Waals surface area contributed by atoms with Crippen molar-refractivity contribution < 1.29 is 33.4 Å². The molecule has 9 heteroatoms. The zero-order valence-electron chi connectivity index (χ0n) is 16.3. The van der Waals surface area contributed by atoms with Gasteiger partial charge in [-0.2, -0.15) is 0 Å². The zero-order valence-corrected chi connectivity index (χ0v) is 17.1. The van der Waals surface area contributed by atoms with Gasteiger partial charge in [0.2, 0.25) is 0 Å². The predicted octanol–water partition coefficient (Wildman–Crippen LogP) is 3.00. The molecule has 2 rings (SSSR count). The maximum Gasteiger partial charge on any atom is 0.344 e. The number of carbonyl (C=O) groups excluding carboxylic acids is 4. The fourth-order valence-corrected chi connectivity index (χ4v) is 3.50. The summed E-state index contributed by atoms with van der Waals surface area (Å²) in [6.45, 7) is 3.87. The maximum absolute atomic E-state index is 12.2. The molecular formula is C20H21NO7S. The number of para-hydroxylation sites is 1. The van der Waals surface area contributed by atoms with Gasteiger partial charge in [-0.3, -0.25) is 9.59 Å². The molecule has 0 unspecified atom stereocenters. The third-order valence-electron chi connectivity index (χ3n) is 3.66. The molecular weight excluding hydrogens is 398 g/mol. The average molecular weight is 419 g/mol. The van der Waals surface area contributed by atoms with E-state index in [9.17, 15) is 19.2 Å². The van der Waals surface area contributed by atoms with Gasteiger partial charge in [0.25, 0.3) is 5.91 Å². The van der Waals surface area contributed by atoms with E-state index in [0.29, 0.717) is 16.2 Å². The molecule has 1 N–H and O–H groups in total. The number of Topliss-reactive ketones (excluding diaryl/α,β-unsaturated/α-hetero) is 1. The minimum absolute atomic E-state index is 0.120. The maximum atomic E-state index is 12.2. The second-order valence-corrected chi connectivity index (χ2v) is 6.87. The molecule has 0 spiro atoms. The van der Waals surface area contributed by atoms with E-state index in [0.717, 1.165) is 11.3 Å². The van der Waals surface area contributed by atoms with E-state index in [-0.39, 0.29) is 29.6 Å². The Morgan fingerprint density at radius 1 is 1.03 bits per heavy atom. The van der Waals surface area contributed by atoms with E-state index in [1.165, 1.54) is 6.92 Å². The Labute approximate surface area is 171 Å². The van der Waals surface area contributed by atoms with Crippen LogP contribution in [-0.2, 0) is 19.1 Å². The van der Waals surface area contributed by atoms with Crippen molar-refractivity contribution in [3.05, 3.63) is 46.3 Å². The summed E-state index contributed by atoms with van der Waals surface area (Å²) in [4.78, 5) is 48.2. The van der Waals surface area contributed by atoms with Crippen molar-refractivity contribution in [2.75, 3.05) is 25.1 Å². The number of rotatable bonds is 9. The van der Waals surface area contributed by atoms with Crippen molar-refractivity contribution in [1.82, 2.24) is 0 Å². The molecule has 0 aliphatic carbocycles. The molecule has 0 radical (unpaired) electrons. The molecule has 1 aromatic carbocycles. The molecule has 0 aliphatic rings. The number of carbonyl (C=O) groups is 4. The zero-order chi connectivity index (χ0) is 21.4. The van der Waals surface area contributed by atoms with Gasteiger partial charge in [-0.1, -0.05) is 18.2 Å². The standard InChI is InChI=1S/C20H21NO7S/c1-4-26-20(25)17-12(2)18(13(3)22)29-19(17)21-15(23)10-28-16(24)11-27-14-8-6-5-7-9-14/h5-9H,4,10-11H2,1-3H3,(H,21,23). The van der Waals surface area contributed by atoms with Crippen LogP contribution in [0.1, 0.15) is 39.4 Å². The quantitative estimate of drug-likeness (QED) is 0.492. The van der Waals surface area contributed by atoms with Crippen LogP contribution < -0.4 is 10.1 Å². The van der Waals surface area contributed by atoms with Crippen LogP contribution in [0, 0.1) is 6.92 Å². The monoisotopic (exact) mass is 419 g/mol. The molecule has 0 fully saturated rings. The van der Waals surface area contributed by atoms with E-state index in [2.05, 4.69) is 5.32 Å². The number of nitrogens with one attached hydrogen (secondary N) is 1. The highest BCUT2D eigenvalue weighted by atomic mass is 32.1. The second-order valence-electron chi connectivity index (χ2n) is 5.85. The predicted molar refractivity (Wildman–Crippen MR) is 107 cm³/mol. The lowest BCUT2D eigenvalue weighted by Gasteiger charge is -2.08. The van der Waals surface area contributed by atoms with Crippen molar-refractivity contribution in [3.8, 4) is 5.75 Å². The molecule has 0 bridgehead atoms. The first-order valence-electron chi connectivity index (χ1n) is 8.78. The number of ether oxygens (including phenoxy) is 3. The Hall–Kier alpha value is -3.20. The fourth-order valence-electron chi connectivity index (χ4n) is 2.40. The average Bonchev–Trinajstić information content (AvgIpc) is 3.02. The summed E-state index contributed by atoms with van der Waals surface area (Å²) in [5.41, 5.74) is 0.554. The van der Waals surface area contributed by atoms with Crippen LogP contribution >= 0.6 is 11.3 Å². The second kappa shape index (κ2) is 10.4. The van der Waals surface area contributed by atoms with Crippen molar-refractivity contribution in [2.45, 2.75) is 20.8 Å². The molecule has 8 nitrogen and oxygen atoms in total. The number of amides is 1. The first kappa shape index (κ1) is 22.1. The minimum Gasteiger partial charge on any atom is -0.482 e. The lowest BCUT2D eigenvalue weighted by atomic mass is 10.1. The molecule has 0 saturated heterocycles. The highest BCUT2D eigenvalue weighted by Gasteiger charge is 2.25. The van der Waals surface area contributed by atoms with Crippen LogP contribution in [0.25, 0.3) is 0 Å². The SMILES string of the molecule is CCOC(=O)c1c(NC(=O)COC(=O)COc2ccccc2)sc(C(C)=O)c1C. The van der Waals surface area contributed by atoms with E-state index in [1.807, 2.05) is 6.07 Å². The number of ketones is 1. The Balaban J connectivity index is 1.97. The van der Waals surface area contributed by atoms with Crippen LogP contribution in [0.4, 0.5) is 5.00 Å². The highest BCUT2D eigenvalue weighted by molar-refractivity contribution is 7.18. The lowest BCUT2D eigenvalue weighted by molar-refractivity contribution is -0.149. The third-order valence-corrected chi connectivity index (χ3v) is 4.97. The topological polar surface area (TPSA) is 108 Å². The minimum atomic E-state index is -0.721. The summed E-state index contributed by atoms with van der Waals surface area (Å²) < 4.78 is 15.1. The van der Waals surface area contributed by atoms with Crippen molar-refractivity contribution >= 4 is 40.0 Å². The highest BCUT2D eigenvalue weighted by Crippen LogP contribution is 2.34. The number of thiophene rings is 1. The van der Waals surface area contributed by atoms with Gasteiger partial charge in [0.1, 0.15) is 10.8 Å². The van der Waals surface area contributed by atoms with Crippen LogP contribution in [0.5, 0.6) is 5.75 Å². The molecule has 0 atom stereocenters. The molecule has 1 heterocycles. The first-order chi connectivity index (χ1) is 13.8. The van der Waals surface area contributed by atoms with Gasteiger partial charge in [0.15, 0.2) is 19.0 Å². The Kier molecular flexibility index (Phi) is 7.90. The van der Waals surface area contributed by atoms with Gasteiger partial charge in [-0.25, -0.2) is 9.59 Å². The molecule has 2 aromatic rings. The van der Waals surface area contributed by atoms with Gasteiger partial charge >= 0.3 is 11.9 Å². The van der Waals surface area contributed by atoms with E-state index >= 15 is 0 Å². The first-order valence-corrected chi connectivity index (χ1v) is 9.59. The smallest absolute Gasteiger partial charge is 0.344 e. The van der Waals surface area contributed by atoms with Crippen LogP contribution in [0.15, 0.2) is 30.3 Å². The van der Waals surface area contributed by atoms with Gasteiger partial charge in [-0.05, 0) is 38.5 Å². The molecule has 154 valence electrons. The number of benzene rings is 1. The summed E-state index contributed by atoms with van der Waals surface area (Å²) in [6.07, 6.45) is 0. The normalized spacial score (nSPS) is 10.2. The molecule has 1 amide bonds. The van der Waals surface area contributed by atoms with E-state index < -0.39 is 24.5 Å². The fraction of sp³-hybridized carbons (Fsp3) is 0.300. The number of hydrogen-bond donors (Lipinski definition) is 1. The Morgan fingerprint density at radius 2 is 1.72 bits per heavy atom. The number of anilines is 1. The molecule has 0 saturated carbocycles. The molecule has 1 aromatic heterocycles. The van der Waals surface area contributed by atoms with Gasteiger partial charge in [0, 0.05) is 0 Å². The largest absolute Gasteiger partial charge is 0.482 e. The van der Waals surface area contributed by atoms with Gasteiger partial charge in [-0.15, -0.1) is 11.3 Å². The Morgan fingerprint density at radius 3 is 2.34 bits per heavy atom. The van der Waals surface area contributed by atoms with Gasteiger partial charge in [0.05, 0.1) is 17.0 Å². The molecule has 29 heavy (non-hydrogen) atoms. The third kappa shape index (κ3) is 6.15. The van der Waals surface area contributed by atoms with Gasteiger partial charge < -0.3 is 19.5 Å². The summed E-state index contributed by atoms with van der Waals surface area (Å²) in [5.74, 6) is -1.75.